The van der Waals surface area contributed by atoms with Crippen LogP contribution in [-0.4, -0.2) is 55.2 Å². The van der Waals surface area contributed by atoms with Crippen LogP contribution in [0.2, 0.25) is 0 Å². The van der Waals surface area contributed by atoms with Crippen LogP contribution in [0.4, 0.5) is 0 Å². The van der Waals surface area contributed by atoms with Gasteiger partial charge in [0.2, 0.25) is 5.91 Å². The average Bonchev–Trinajstić information content (AvgIpc) is 3.39. The maximum Gasteiger partial charge on any atom is 0.251 e. The quantitative estimate of drug-likeness (QED) is 0.874. The minimum absolute atomic E-state index is 0.0872. The van der Waals surface area contributed by atoms with E-state index in [4.69, 9.17) is 9.47 Å². The summed E-state index contributed by atoms with van der Waals surface area (Å²) in [6, 6.07) is 7.43. The normalized spacial score (nSPS) is 23.7. The molecule has 1 aliphatic carbocycles. The Morgan fingerprint density at radius 3 is 2.62 bits per heavy atom. The third kappa shape index (κ3) is 4.18. The first kappa shape index (κ1) is 17.3. The summed E-state index contributed by atoms with van der Waals surface area (Å²) in [5, 5.41) is 3.00. The fraction of sp³-hybridized carbons (Fsp3) is 0.600. The maximum atomic E-state index is 12.4. The molecule has 1 atom stereocenters. The van der Waals surface area contributed by atoms with Crippen molar-refractivity contribution in [2.75, 3.05) is 26.3 Å². The lowest BCUT2D eigenvalue weighted by Gasteiger charge is -2.32. The Labute approximate surface area is 153 Å². The fourth-order valence-electron chi connectivity index (χ4n) is 3.60. The molecule has 3 aliphatic rings. The number of piperidine rings is 1. The molecule has 6 heteroatoms. The van der Waals surface area contributed by atoms with Crippen molar-refractivity contribution in [3.8, 4) is 5.75 Å². The van der Waals surface area contributed by atoms with Crippen molar-refractivity contribution < 1.29 is 19.1 Å². The number of rotatable bonds is 5. The number of benzene rings is 1. The summed E-state index contributed by atoms with van der Waals surface area (Å²) in [4.78, 5) is 26.5. The SMILES string of the molecule is O=C(NC1CCOC1)c1cccc(OC2CCN(C(=O)C3CC3)CC2)c1. The van der Waals surface area contributed by atoms with E-state index in [1.165, 1.54) is 0 Å². The summed E-state index contributed by atoms with van der Waals surface area (Å²) in [5.41, 5.74) is 0.607. The molecule has 2 heterocycles. The molecule has 26 heavy (non-hydrogen) atoms. The van der Waals surface area contributed by atoms with E-state index >= 15 is 0 Å². The van der Waals surface area contributed by atoms with Crippen LogP contribution in [-0.2, 0) is 9.53 Å². The number of nitrogens with zero attached hydrogens (tertiary/aromatic N) is 1. The standard InChI is InChI=1S/C20H26N2O4/c23-19(21-16-8-11-25-13-16)15-2-1-3-18(12-15)26-17-6-9-22(10-7-17)20(24)14-4-5-14/h1-3,12,14,16-17H,4-11,13H2,(H,21,23). The van der Waals surface area contributed by atoms with Crippen LogP contribution in [0, 0.1) is 5.92 Å². The van der Waals surface area contributed by atoms with Crippen LogP contribution in [0.15, 0.2) is 24.3 Å². The molecule has 1 aromatic rings. The van der Waals surface area contributed by atoms with Gasteiger partial charge in [-0.2, -0.15) is 0 Å². The van der Waals surface area contributed by atoms with E-state index < -0.39 is 0 Å². The smallest absolute Gasteiger partial charge is 0.251 e. The summed E-state index contributed by atoms with van der Waals surface area (Å²) >= 11 is 0. The minimum atomic E-state index is -0.0872. The van der Waals surface area contributed by atoms with Crippen LogP contribution in [0.5, 0.6) is 5.75 Å². The van der Waals surface area contributed by atoms with Gasteiger partial charge in [-0.3, -0.25) is 9.59 Å². The number of ether oxygens (including phenoxy) is 2. The van der Waals surface area contributed by atoms with Crippen molar-refractivity contribution in [3.63, 3.8) is 0 Å². The first-order valence-electron chi connectivity index (χ1n) is 9.63. The molecule has 2 saturated heterocycles. The van der Waals surface area contributed by atoms with Crippen LogP contribution < -0.4 is 10.1 Å². The molecule has 1 N–H and O–H groups in total. The summed E-state index contributed by atoms with van der Waals surface area (Å²) in [7, 11) is 0. The van der Waals surface area contributed by atoms with Gasteiger partial charge >= 0.3 is 0 Å². The Hall–Kier alpha value is -2.08. The number of nitrogens with one attached hydrogen (secondary N) is 1. The predicted octanol–water partition coefficient (Wildman–Crippen LogP) is 1.99. The molecule has 2 amide bonds. The van der Waals surface area contributed by atoms with Gasteiger partial charge < -0.3 is 19.7 Å². The molecular weight excluding hydrogens is 332 g/mol. The molecule has 140 valence electrons. The summed E-state index contributed by atoms with van der Waals surface area (Å²) < 4.78 is 11.4. The Morgan fingerprint density at radius 1 is 1.12 bits per heavy atom. The molecular formula is C20H26N2O4. The first-order chi connectivity index (χ1) is 12.7. The molecule has 1 saturated carbocycles. The minimum Gasteiger partial charge on any atom is -0.490 e. The molecule has 0 spiro atoms. The number of amides is 2. The zero-order chi connectivity index (χ0) is 17.9. The Balaban J connectivity index is 1.29. The topological polar surface area (TPSA) is 67.9 Å². The van der Waals surface area contributed by atoms with E-state index in [0.717, 1.165) is 45.2 Å². The van der Waals surface area contributed by atoms with Crippen molar-refractivity contribution in [2.24, 2.45) is 5.92 Å². The molecule has 1 unspecified atom stereocenters. The van der Waals surface area contributed by atoms with E-state index in [-0.39, 0.29) is 24.0 Å². The second-order valence-corrected chi connectivity index (χ2v) is 7.48. The zero-order valence-corrected chi connectivity index (χ0v) is 15.0. The van der Waals surface area contributed by atoms with Crippen molar-refractivity contribution >= 4 is 11.8 Å². The van der Waals surface area contributed by atoms with Crippen molar-refractivity contribution in [3.05, 3.63) is 29.8 Å². The first-order valence-corrected chi connectivity index (χ1v) is 9.63. The summed E-state index contributed by atoms with van der Waals surface area (Å²) in [6.07, 6.45) is 4.75. The largest absolute Gasteiger partial charge is 0.490 e. The number of hydrogen-bond acceptors (Lipinski definition) is 4. The zero-order valence-electron chi connectivity index (χ0n) is 15.0. The highest BCUT2D eigenvalue weighted by atomic mass is 16.5. The van der Waals surface area contributed by atoms with Gasteiger partial charge in [-0.15, -0.1) is 0 Å². The second-order valence-electron chi connectivity index (χ2n) is 7.48. The van der Waals surface area contributed by atoms with Crippen molar-refractivity contribution in [2.45, 2.75) is 44.2 Å². The lowest BCUT2D eigenvalue weighted by atomic mass is 10.1. The second kappa shape index (κ2) is 7.66. The van der Waals surface area contributed by atoms with Crippen LogP contribution in [0.3, 0.4) is 0 Å². The number of carbonyl (C=O) groups excluding carboxylic acids is 2. The van der Waals surface area contributed by atoms with Gasteiger partial charge in [-0.1, -0.05) is 6.07 Å². The Bertz CT molecular complexity index is 660. The molecule has 3 fully saturated rings. The summed E-state index contributed by atoms with van der Waals surface area (Å²) in [6.45, 7) is 2.82. The lowest BCUT2D eigenvalue weighted by molar-refractivity contribution is -0.134. The monoisotopic (exact) mass is 358 g/mol. The Kier molecular flexibility index (Phi) is 5.11. The van der Waals surface area contributed by atoms with Gasteiger partial charge in [-0.05, 0) is 37.5 Å². The van der Waals surface area contributed by atoms with Gasteiger partial charge in [0.15, 0.2) is 0 Å². The van der Waals surface area contributed by atoms with E-state index in [1.807, 2.05) is 17.0 Å². The van der Waals surface area contributed by atoms with Crippen molar-refractivity contribution in [1.29, 1.82) is 0 Å². The highest BCUT2D eigenvalue weighted by Crippen LogP contribution is 2.32. The molecule has 6 nitrogen and oxygen atoms in total. The molecule has 0 aromatic heterocycles. The van der Waals surface area contributed by atoms with Gasteiger partial charge in [0, 0.05) is 44.0 Å². The number of likely N-dealkylation sites (tertiary alicyclic amines) is 1. The van der Waals surface area contributed by atoms with Crippen LogP contribution in [0.25, 0.3) is 0 Å². The van der Waals surface area contributed by atoms with Crippen molar-refractivity contribution in [1.82, 2.24) is 10.2 Å². The van der Waals surface area contributed by atoms with Crippen LogP contribution in [0.1, 0.15) is 42.5 Å². The van der Waals surface area contributed by atoms with Gasteiger partial charge in [0.05, 0.1) is 12.6 Å². The maximum absolute atomic E-state index is 12.4. The predicted molar refractivity (Wildman–Crippen MR) is 96.1 cm³/mol. The van der Waals surface area contributed by atoms with E-state index in [2.05, 4.69) is 5.32 Å². The van der Waals surface area contributed by atoms with E-state index in [9.17, 15) is 9.59 Å². The summed E-state index contributed by atoms with van der Waals surface area (Å²) in [5.74, 6) is 1.23. The molecule has 2 aliphatic heterocycles. The van der Waals surface area contributed by atoms with Gasteiger partial charge in [0.25, 0.3) is 5.91 Å². The van der Waals surface area contributed by atoms with E-state index in [1.54, 1.807) is 12.1 Å². The molecule has 4 rings (SSSR count). The molecule has 0 radical (unpaired) electrons. The van der Waals surface area contributed by atoms with Gasteiger partial charge in [-0.25, -0.2) is 0 Å². The van der Waals surface area contributed by atoms with Crippen LogP contribution >= 0.6 is 0 Å². The van der Waals surface area contributed by atoms with Gasteiger partial charge in [0.1, 0.15) is 11.9 Å². The Morgan fingerprint density at radius 2 is 1.92 bits per heavy atom. The lowest BCUT2D eigenvalue weighted by Crippen LogP contribution is -2.42. The third-order valence-electron chi connectivity index (χ3n) is 5.34. The highest BCUT2D eigenvalue weighted by molar-refractivity contribution is 5.94. The van der Waals surface area contributed by atoms with E-state index in [0.29, 0.717) is 30.4 Å². The third-order valence-corrected chi connectivity index (χ3v) is 5.34. The fourth-order valence-corrected chi connectivity index (χ4v) is 3.60. The highest BCUT2D eigenvalue weighted by Gasteiger charge is 2.35. The average molecular weight is 358 g/mol. The number of hydrogen-bond donors (Lipinski definition) is 1. The molecule has 0 bridgehead atoms. The molecule has 1 aromatic carbocycles. The number of carbonyl (C=O) groups is 2.